The summed E-state index contributed by atoms with van der Waals surface area (Å²) < 4.78 is 5.11. The van der Waals surface area contributed by atoms with Crippen LogP contribution in [0.1, 0.15) is 19.8 Å². The summed E-state index contributed by atoms with van der Waals surface area (Å²) in [6, 6.07) is 0. The third-order valence-corrected chi connectivity index (χ3v) is 2.33. The Kier molecular flexibility index (Phi) is 5.22. The van der Waals surface area contributed by atoms with E-state index in [1.807, 2.05) is 18.6 Å². The fourth-order valence-corrected chi connectivity index (χ4v) is 1.43. The van der Waals surface area contributed by atoms with Gasteiger partial charge in [0.25, 0.3) is 0 Å². The highest BCUT2D eigenvalue weighted by molar-refractivity contribution is 5.69. The van der Waals surface area contributed by atoms with Crippen LogP contribution in [-0.4, -0.2) is 35.0 Å². The van der Waals surface area contributed by atoms with Gasteiger partial charge in [0, 0.05) is 6.42 Å². The van der Waals surface area contributed by atoms with Crippen LogP contribution in [0, 0.1) is 6.42 Å². The Morgan fingerprint density at radius 3 is 2.88 bits per heavy atom. The molecule has 4 heteroatoms. The first-order valence-corrected chi connectivity index (χ1v) is 5.37. The summed E-state index contributed by atoms with van der Waals surface area (Å²) in [6.45, 7) is 1.25. The second kappa shape index (κ2) is 6.45. The second-order valence-electron chi connectivity index (χ2n) is 3.55. The van der Waals surface area contributed by atoms with E-state index in [-0.39, 0.29) is 12.4 Å². The highest BCUT2D eigenvalue weighted by Gasteiger charge is 2.25. The summed E-state index contributed by atoms with van der Waals surface area (Å²) in [7, 11) is 0. The Bertz CT molecular complexity index is 293. The van der Waals surface area contributed by atoms with Crippen LogP contribution in [-0.2, 0) is 9.53 Å². The van der Waals surface area contributed by atoms with Gasteiger partial charge in [-0.05, 0) is 18.4 Å². The molecule has 1 aliphatic carbocycles. The number of aliphatic hydroxyl groups excluding tert-OH is 2. The number of aliphatic hydroxyl groups is 2. The molecule has 0 bridgehead atoms. The molecule has 1 radical (unpaired) electrons. The van der Waals surface area contributed by atoms with Crippen molar-refractivity contribution in [3.63, 3.8) is 0 Å². The van der Waals surface area contributed by atoms with Crippen molar-refractivity contribution < 1.29 is 19.7 Å². The Labute approximate surface area is 95.2 Å². The Morgan fingerprint density at radius 2 is 2.38 bits per heavy atom. The Balaban J connectivity index is 2.74. The second-order valence-corrected chi connectivity index (χ2v) is 3.55. The molecule has 2 atom stereocenters. The summed E-state index contributed by atoms with van der Waals surface area (Å²) in [4.78, 5) is 11.2. The third-order valence-electron chi connectivity index (χ3n) is 2.33. The molecule has 16 heavy (non-hydrogen) atoms. The number of esters is 1. The molecule has 0 aromatic heterocycles. The van der Waals surface area contributed by atoms with E-state index < -0.39 is 18.8 Å². The van der Waals surface area contributed by atoms with E-state index in [0.29, 0.717) is 0 Å². The number of rotatable bonds is 5. The van der Waals surface area contributed by atoms with Crippen molar-refractivity contribution >= 4 is 5.97 Å². The molecule has 0 aromatic carbocycles. The summed E-state index contributed by atoms with van der Waals surface area (Å²) in [5.41, 5.74) is 0.728. The molecule has 4 nitrogen and oxygen atoms in total. The normalized spacial score (nSPS) is 18.8. The van der Waals surface area contributed by atoms with E-state index in [1.54, 1.807) is 13.0 Å². The molecule has 0 fully saturated rings. The molecule has 2 unspecified atom stereocenters. The quantitative estimate of drug-likeness (QED) is 0.678. The molecule has 0 saturated heterocycles. The summed E-state index contributed by atoms with van der Waals surface area (Å²) >= 11 is 0. The molecule has 1 rings (SSSR count). The van der Waals surface area contributed by atoms with Gasteiger partial charge in [0.2, 0.25) is 0 Å². The Morgan fingerprint density at radius 1 is 1.62 bits per heavy atom. The van der Waals surface area contributed by atoms with E-state index in [1.165, 1.54) is 0 Å². The van der Waals surface area contributed by atoms with E-state index in [0.717, 1.165) is 12.0 Å². The van der Waals surface area contributed by atoms with Crippen molar-refractivity contribution in [2.45, 2.75) is 32.0 Å². The van der Waals surface area contributed by atoms with Crippen LogP contribution in [0.3, 0.4) is 0 Å². The first kappa shape index (κ1) is 12.9. The lowest BCUT2D eigenvalue weighted by Gasteiger charge is -2.24. The van der Waals surface area contributed by atoms with Gasteiger partial charge >= 0.3 is 5.97 Å². The van der Waals surface area contributed by atoms with Crippen molar-refractivity contribution in [3.05, 3.63) is 30.2 Å². The van der Waals surface area contributed by atoms with Crippen molar-refractivity contribution in [1.82, 2.24) is 0 Å². The lowest BCUT2D eigenvalue weighted by atomic mass is 9.98. The van der Waals surface area contributed by atoms with Crippen LogP contribution in [0.2, 0.25) is 0 Å². The minimum absolute atomic E-state index is 0.248. The highest BCUT2D eigenvalue weighted by Crippen LogP contribution is 2.18. The average Bonchev–Trinajstić information content (AvgIpc) is 2.35. The minimum Gasteiger partial charge on any atom is -0.455 e. The number of carbonyl (C=O) groups excluding carboxylic acids is 1. The number of hydrogen-bond acceptors (Lipinski definition) is 4. The molecule has 0 amide bonds. The molecule has 2 N–H and O–H groups in total. The molecule has 0 aromatic rings. The molecular formula is C12H17O4. The van der Waals surface area contributed by atoms with Crippen LogP contribution in [0.5, 0.6) is 0 Å². The molecule has 0 spiro atoms. The average molecular weight is 225 g/mol. The van der Waals surface area contributed by atoms with Gasteiger partial charge in [-0.3, -0.25) is 4.79 Å². The van der Waals surface area contributed by atoms with Gasteiger partial charge in [0.15, 0.2) is 6.10 Å². The van der Waals surface area contributed by atoms with Gasteiger partial charge in [0.1, 0.15) is 6.10 Å². The largest absolute Gasteiger partial charge is 0.455 e. The van der Waals surface area contributed by atoms with Crippen molar-refractivity contribution in [2.75, 3.05) is 6.61 Å². The number of ether oxygens (including phenoxy) is 1. The lowest BCUT2D eigenvalue weighted by Crippen LogP contribution is -2.35. The van der Waals surface area contributed by atoms with E-state index in [2.05, 4.69) is 0 Å². The third kappa shape index (κ3) is 3.47. The molecular weight excluding hydrogens is 208 g/mol. The topological polar surface area (TPSA) is 66.8 Å². The predicted octanol–water partition coefficient (Wildman–Crippen LogP) is 0.752. The summed E-state index contributed by atoms with van der Waals surface area (Å²) in [5.74, 6) is -0.388. The number of allylic oxidation sites excluding steroid dienone is 2. The van der Waals surface area contributed by atoms with Gasteiger partial charge in [-0.25, -0.2) is 0 Å². The van der Waals surface area contributed by atoms with Crippen molar-refractivity contribution in [3.8, 4) is 0 Å². The van der Waals surface area contributed by atoms with E-state index in [4.69, 9.17) is 9.84 Å². The zero-order chi connectivity index (χ0) is 12.0. The highest BCUT2D eigenvalue weighted by atomic mass is 16.6. The van der Waals surface area contributed by atoms with Crippen LogP contribution in [0.4, 0.5) is 0 Å². The van der Waals surface area contributed by atoms with Gasteiger partial charge in [-0.15, -0.1) is 0 Å². The van der Waals surface area contributed by atoms with Crippen LogP contribution >= 0.6 is 0 Å². The van der Waals surface area contributed by atoms with Crippen molar-refractivity contribution in [2.24, 2.45) is 0 Å². The number of hydrogen-bond donors (Lipinski definition) is 2. The minimum atomic E-state index is -1.08. The van der Waals surface area contributed by atoms with E-state index >= 15 is 0 Å². The van der Waals surface area contributed by atoms with Gasteiger partial charge in [-0.1, -0.05) is 25.2 Å². The molecule has 89 valence electrons. The summed E-state index contributed by atoms with van der Waals surface area (Å²) in [6.07, 6.45) is 6.57. The van der Waals surface area contributed by atoms with Crippen LogP contribution in [0.25, 0.3) is 0 Å². The molecule has 0 aliphatic heterocycles. The number of carbonyl (C=O) groups is 1. The molecule has 1 aliphatic rings. The van der Waals surface area contributed by atoms with Gasteiger partial charge in [0.05, 0.1) is 6.61 Å². The predicted molar refractivity (Wildman–Crippen MR) is 59.4 cm³/mol. The Hall–Kier alpha value is -1.13. The SMILES string of the molecule is CCC(=O)OC(C1=CC[CH]C=C1)C(O)CO. The van der Waals surface area contributed by atoms with Crippen molar-refractivity contribution in [1.29, 1.82) is 0 Å². The van der Waals surface area contributed by atoms with E-state index in [9.17, 15) is 9.90 Å². The standard InChI is InChI=1S/C12H17O4/c1-2-11(15)16-12(10(14)8-13)9-6-4-3-5-7-9/h3-4,6-7,10,12-14H,2,5,8H2,1H3. The maximum absolute atomic E-state index is 11.2. The van der Waals surface area contributed by atoms with Crippen LogP contribution in [0.15, 0.2) is 23.8 Å². The first-order valence-electron chi connectivity index (χ1n) is 5.37. The lowest BCUT2D eigenvalue weighted by molar-refractivity contribution is -0.152. The zero-order valence-corrected chi connectivity index (χ0v) is 9.30. The maximum Gasteiger partial charge on any atom is 0.306 e. The van der Waals surface area contributed by atoms with Gasteiger partial charge in [-0.2, -0.15) is 0 Å². The maximum atomic E-state index is 11.2. The smallest absolute Gasteiger partial charge is 0.306 e. The van der Waals surface area contributed by atoms with Crippen LogP contribution < -0.4 is 0 Å². The molecule has 0 heterocycles. The summed E-state index contributed by atoms with van der Waals surface area (Å²) in [5, 5.41) is 18.5. The fourth-order valence-electron chi connectivity index (χ4n) is 1.43. The monoisotopic (exact) mass is 225 g/mol. The fraction of sp³-hybridized carbons (Fsp3) is 0.500. The van der Waals surface area contributed by atoms with Gasteiger partial charge < -0.3 is 14.9 Å². The first-order chi connectivity index (χ1) is 7.69. The molecule has 0 saturated carbocycles. The zero-order valence-electron chi connectivity index (χ0n) is 9.30.